The molecule has 1 rings (SSSR count). The third kappa shape index (κ3) is 5.52. The summed E-state index contributed by atoms with van der Waals surface area (Å²) < 4.78 is 0. The van der Waals surface area contributed by atoms with E-state index >= 15 is 0 Å². The highest BCUT2D eigenvalue weighted by Gasteiger charge is 2.46. The molecule has 3 amide bonds. The van der Waals surface area contributed by atoms with E-state index in [-0.39, 0.29) is 24.4 Å². The van der Waals surface area contributed by atoms with Crippen molar-refractivity contribution in [1.82, 2.24) is 20.7 Å². The number of piperidine rings is 1. The van der Waals surface area contributed by atoms with Gasteiger partial charge in [-0.2, -0.15) is 5.01 Å². The number of carbonyl (C=O) groups is 2. The van der Waals surface area contributed by atoms with Crippen molar-refractivity contribution in [3.8, 4) is 0 Å². The van der Waals surface area contributed by atoms with Gasteiger partial charge in [-0.25, -0.2) is 4.79 Å². The van der Waals surface area contributed by atoms with Crippen LogP contribution < -0.4 is 10.6 Å². The highest BCUT2D eigenvalue weighted by molar-refractivity contribution is 6.18. The Bertz CT molecular complexity index is 496. The Hall–Kier alpha value is -1.45. The van der Waals surface area contributed by atoms with Gasteiger partial charge in [0.05, 0.1) is 11.8 Å². The molecule has 0 bridgehead atoms. The molecule has 10 heteroatoms. The van der Waals surface area contributed by atoms with Crippen LogP contribution in [-0.4, -0.2) is 57.6 Å². The lowest BCUT2D eigenvalue weighted by atomic mass is 9.79. The molecule has 1 heterocycles. The van der Waals surface area contributed by atoms with Gasteiger partial charge in [0.1, 0.15) is 6.04 Å². The molecule has 2 N–H and O–H groups in total. The molecule has 0 aromatic carbocycles. The first-order chi connectivity index (χ1) is 11.4. The number of nitrogens with one attached hydrogen (secondary N) is 2. The van der Waals surface area contributed by atoms with Gasteiger partial charge in [-0.15, -0.1) is 26.8 Å². The minimum atomic E-state index is -0.858. The number of alkyl halides is 1. The van der Waals surface area contributed by atoms with E-state index in [9.17, 15) is 19.7 Å². The maximum Gasteiger partial charge on any atom is 0.341 e. The molecule has 1 radical (unpaired) electrons. The monoisotopic (exact) mass is 376 g/mol. The van der Waals surface area contributed by atoms with Crippen LogP contribution >= 0.6 is 11.6 Å². The van der Waals surface area contributed by atoms with Crippen LogP contribution in [0.5, 0.6) is 0 Å². The van der Waals surface area contributed by atoms with Crippen LogP contribution in [0.1, 0.15) is 47.5 Å². The second kappa shape index (κ2) is 8.29. The predicted octanol–water partition coefficient (Wildman–Crippen LogP) is 1.79. The first-order valence-electron chi connectivity index (χ1n) is 8.19. The number of amides is 3. The molecule has 0 aliphatic carbocycles. The fourth-order valence-electron chi connectivity index (χ4n) is 3.28. The van der Waals surface area contributed by atoms with E-state index in [2.05, 4.69) is 15.9 Å². The SMILES string of the molecule is C[C@H](NC(=O)N(CCCl)N=O)C(=O)NC1CC(C)(C)N([O])C(C)(C)C1. The quantitative estimate of drug-likeness (QED) is 0.417. The van der Waals surface area contributed by atoms with Gasteiger partial charge in [-0.05, 0) is 47.5 Å². The number of hydrogen-bond donors (Lipinski definition) is 2. The fraction of sp³-hybridized carbons (Fsp3) is 0.867. The summed E-state index contributed by atoms with van der Waals surface area (Å²) in [5.41, 5.74) is -1.21. The maximum absolute atomic E-state index is 12.3. The van der Waals surface area contributed by atoms with Gasteiger partial charge >= 0.3 is 6.03 Å². The van der Waals surface area contributed by atoms with Crippen molar-refractivity contribution >= 4 is 23.5 Å². The van der Waals surface area contributed by atoms with Gasteiger partial charge in [0.25, 0.3) is 0 Å². The third-order valence-electron chi connectivity index (χ3n) is 4.30. The summed E-state index contributed by atoms with van der Waals surface area (Å²) >= 11 is 5.48. The highest BCUT2D eigenvalue weighted by atomic mass is 35.5. The van der Waals surface area contributed by atoms with Crippen molar-refractivity contribution < 1.29 is 14.8 Å². The number of carbonyl (C=O) groups excluding carboxylic acids is 2. The Morgan fingerprint density at radius 1 is 1.28 bits per heavy atom. The Morgan fingerprint density at radius 3 is 2.24 bits per heavy atom. The van der Waals surface area contributed by atoms with Gasteiger partial charge in [0, 0.05) is 23.0 Å². The lowest BCUT2D eigenvalue weighted by molar-refractivity contribution is -0.290. The second-order valence-corrected chi connectivity index (χ2v) is 7.98. The number of rotatable bonds is 6. The van der Waals surface area contributed by atoms with Crippen molar-refractivity contribution in [3.05, 3.63) is 4.91 Å². The van der Waals surface area contributed by atoms with Crippen LogP contribution in [0.4, 0.5) is 4.79 Å². The van der Waals surface area contributed by atoms with Crippen LogP contribution in [0.25, 0.3) is 0 Å². The lowest BCUT2D eigenvalue weighted by Gasteiger charge is -2.50. The van der Waals surface area contributed by atoms with E-state index < -0.39 is 23.2 Å². The summed E-state index contributed by atoms with van der Waals surface area (Å²) in [5, 5.41) is 21.9. The van der Waals surface area contributed by atoms with E-state index in [1.54, 1.807) is 0 Å². The number of halogens is 1. The molecule has 0 spiro atoms. The highest BCUT2D eigenvalue weighted by Crippen LogP contribution is 2.36. The zero-order valence-electron chi connectivity index (χ0n) is 15.3. The van der Waals surface area contributed by atoms with Crippen LogP contribution in [0.3, 0.4) is 0 Å². The van der Waals surface area contributed by atoms with E-state index in [1.807, 2.05) is 27.7 Å². The maximum atomic E-state index is 12.3. The van der Waals surface area contributed by atoms with Gasteiger partial charge in [-0.3, -0.25) is 4.79 Å². The molecule has 1 atom stereocenters. The number of nitroso groups, excluding NO2 is 1. The first kappa shape index (κ1) is 21.6. The summed E-state index contributed by atoms with van der Waals surface area (Å²) in [7, 11) is 0. The summed E-state index contributed by atoms with van der Waals surface area (Å²) in [6.07, 6.45) is 1.00. The molecular formula is C15H27ClN5O4. The minimum absolute atomic E-state index is 0.0461. The lowest BCUT2D eigenvalue weighted by Crippen LogP contribution is -2.63. The molecule has 1 aliphatic rings. The molecular weight excluding hydrogens is 350 g/mol. The Labute approximate surface area is 153 Å². The van der Waals surface area contributed by atoms with E-state index in [4.69, 9.17) is 11.6 Å². The minimum Gasteiger partial charge on any atom is -0.351 e. The molecule has 1 saturated heterocycles. The standard InChI is InChI=1S/C15H27ClN5O4/c1-10(17-13(23)20(19-24)7-6-16)12(22)18-11-8-14(2,3)21(25)15(4,5)9-11/h10-11H,6-9H2,1-5H3,(H,17,23)(H,18,22)/t10-/m0/s1. The van der Waals surface area contributed by atoms with Crippen LogP contribution in [0.2, 0.25) is 0 Å². The molecule has 0 unspecified atom stereocenters. The Balaban J connectivity index is 2.66. The van der Waals surface area contributed by atoms with Gasteiger partial charge in [0.2, 0.25) is 5.91 Å². The topological polar surface area (TPSA) is 114 Å². The predicted molar refractivity (Wildman–Crippen MR) is 93.1 cm³/mol. The average molecular weight is 377 g/mol. The summed E-state index contributed by atoms with van der Waals surface area (Å²) in [4.78, 5) is 34.8. The fourth-order valence-corrected chi connectivity index (χ4v) is 3.44. The van der Waals surface area contributed by atoms with E-state index in [1.165, 1.54) is 6.92 Å². The molecule has 1 aliphatic heterocycles. The van der Waals surface area contributed by atoms with E-state index in [0.717, 1.165) is 5.06 Å². The summed E-state index contributed by atoms with van der Waals surface area (Å²) in [6, 6.07) is -1.83. The van der Waals surface area contributed by atoms with Crippen LogP contribution in [-0.2, 0) is 10.0 Å². The Kier molecular flexibility index (Phi) is 7.16. The molecule has 25 heavy (non-hydrogen) atoms. The van der Waals surface area contributed by atoms with E-state index in [0.29, 0.717) is 17.9 Å². The van der Waals surface area contributed by atoms with Crippen molar-refractivity contribution in [3.63, 3.8) is 0 Å². The Morgan fingerprint density at radius 2 is 1.80 bits per heavy atom. The zero-order valence-corrected chi connectivity index (χ0v) is 16.1. The van der Waals surface area contributed by atoms with Crippen molar-refractivity contribution in [2.75, 3.05) is 12.4 Å². The molecule has 1 fully saturated rings. The summed E-state index contributed by atoms with van der Waals surface area (Å²) in [6.45, 7) is 8.82. The van der Waals surface area contributed by atoms with Crippen LogP contribution in [0, 0.1) is 4.91 Å². The smallest absolute Gasteiger partial charge is 0.341 e. The zero-order chi connectivity index (χ0) is 19.4. The normalized spacial score (nSPS) is 21.2. The van der Waals surface area contributed by atoms with Crippen molar-refractivity contribution in [2.45, 2.75) is 70.6 Å². The number of hydroxylamine groups is 2. The number of nitrogens with zero attached hydrogens (tertiary/aromatic N) is 3. The van der Waals surface area contributed by atoms with Crippen LogP contribution in [0.15, 0.2) is 5.29 Å². The van der Waals surface area contributed by atoms with Gasteiger partial charge in [-0.1, -0.05) is 0 Å². The molecule has 0 aromatic rings. The summed E-state index contributed by atoms with van der Waals surface area (Å²) in [5.74, 6) is -0.335. The molecule has 143 valence electrons. The third-order valence-corrected chi connectivity index (χ3v) is 4.47. The van der Waals surface area contributed by atoms with Gasteiger partial charge in [0.15, 0.2) is 0 Å². The largest absolute Gasteiger partial charge is 0.351 e. The molecule has 9 nitrogen and oxygen atoms in total. The molecule has 0 aromatic heterocycles. The first-order valence-corrected chi connectivity index (χ1v) is 8.73. The number of urea groups is 1. The number of hydrogen-bond acceptors (Lipinski definition) is 5. The van der Waals surface area contributed by atoms with Crippen molar-refractivity contribution in [2.24, 2.45) is 5.29 Å². The van der Waals surface area contributed by atoms with Crippen molar-refractivity contribution in [1.29, 1.82) is 0 Å². The molecule has 0 saturated carbocycles. The second-order valence-electron chi connectivity index (χ2n) is 7.60. The average Bonchev–Trinajstić information content (AvgIpc) is 2.49. The van der Waals surface area contributed by atoms with Gasteiger partial charge < -0.3 is 10.6 Å².